The summed E-state index contributed by atoms with van der Waals surface area (Å²) in [6.07, 6.45) is -0.879. The molecule has 3 aliphatic heterocycles. The Morgan fingerprint density at radius 2 is 1.71 bits per heavy atom. The van der Waals surface area contributed by atoms with E-state index in [4.69, 9.17) is 11.6 Å². The minimum absolute atomic E-state index is 0.0398. The number of aromatic nitrogens is 5. The van der Waals surface area contributed by atoms with Crippen LogP contribution in [0.4, 0.5) is 25.1 Å². The third-order valence-corrected chi connectivity index (χ3v) is 7.19. The number of anilines is 2. The van der Waals surface area contributed by atoms with Crippen molar-refractivity contribution in [1.82, 2.24) is 29.6 Å². The lowest BCUT2D eigenvalue weighted by Gasteiger charge is -2.60. The first-order valence-electron chi connectivity index (χ1n) is 11.0. The van der Waals surface area contributed by atoms with Crippen LogP contribution in [0.3, 0.4) is 0 Å². The Labute approximate surface area is 199 Å². The maximum atomic E-state index is 13.5. The fourth-order valence-electron chi connectivity index (χ4n) is 5.16. The summed E-state index contributed by atoms with van der Waals surface area (Å²) >= 11 is 6.21. The second kappa shape index (κ2) is 7.54. The summed E-state index contributed by atoms with van der Waals surface area (Å²) in [4.78, 5) is 14.3. The van der Waals surface area contributed by atoms with Gasteiger partial charge in [0.2, 0.25) is 11.9 Å². The van der Waals surface area contributed by atoms with Gasteiger partial charge in [-0.3, -0.25) is 9.47 Å². The fraction of sp³-hybridized carbons (Fsp3) is 0.455. The number of hydrogen-bond donors (Lipinski definition) is 0. The molecule has 178 valence electrons. The van der Waals surface area contributed by atoms with Crippen molar-refractivity contribution in [2.45, 2.75) is 32.2 Å². The summed E-state index contributed by atoms with van der Waals surface area (Å²) in [5, 5.41) is 9.19. The van der Waals surface area contributed by atoms with Crippen molar-refractivity contribution < 1.29 is 13.2 Å². The Morgan fingerprint density at radius 1 is 1.00 bits per heavy atom. The molecule has 3 aromatic rings. The molecule has 0 bridgehead atoms. The highest BCUT2D eigenvalue weighted by molar-refractivity contribution is 6.30. The lowest BCUT2D eigenvalue weighted by molar-refractivity contribution is -0.182. The number of benzene rings is 1. The van der Waals surface area contributed by atoms with Gasteiger partial charge in [-0.05, 0) is 36.8 Å². The van der Waals surface area contributed by atoms with Crippen molar-refractivity contribution in [3.63, 3.8) is 0 Å². The van der Waals surface area contributed by atoms with Crippen molar-refractivity contribution in [2.75, 3.05) is 36.0 Å². The van der Waals surface area contributed by atoms with Gasteiger partial charge in [-0.2, -0.15) is 13.2 Å². The largest absolute Gasteiger partial charge is 0.403 e. The second-order valence-electron chi connectivity index (χ2n) is 9.41. The molecule has 8 nitrogen and oxygen atoms in total. The summed E-state index contributed by atoms with van der Waals surface area (Å²) in [7, 11) is 0. The predicted octanol–water partition coefficient (Wildman–Crippen LogP) is 3.30. The van der Waals surface area contributed by atoms with E-state index in [-0.39, 0.29) is 18.5 Å². The summed E-state index contributed by atoms with van der Waals surface area (Å²) in [6.45, 7) is 4.64. The number of fused-ring (bicyclic) bond motifs is 3. The Balaban J connectivity index is 1.27. The summed E-state index contributed by atoms with van der Waals surface area (Å²) in [6, 6.07) is 5.48. The van der Waals surface area contributed by atoms with Gasteiger partial charge in [0, 0.05) is 55.6 Å². The number of rotatable bonds is 3. The lowest BCUT2D eigenvalue weighted by atomic mass is 9.73. The summed E-state index contributed by atoms with van der Waals surface area (Å²) < 4.78 is 42.5. The predicted molar refractivity (Wildman–Crippen MR) is 120 cm³/mol. The molecule has 2 aromatic heterocycles. The molecule has 1 aromatic carbocycles. The molecule has 3 aliphatic rings. The average molecular weight is 491 g/mol. The van der Waals surface area contributed by atoms with Crippen molar-refractivity contribution in [1.29, 1.82) is 0 Å². The van der Waals surface area contributed by atoms with E-state index in [1.165, 1.54) is 11.8 Å². The van der Waals surface area contributed by atoms with Gasteiger partial charge in [-0.1, -0.05) is 11.6 Å². The minimum Gasteiger partial charge on any atom is -0.339 e. The Hall–Kier alpha value is -2.92. The fourth-order valence-corrected chi connectivity index (χ4v) is 5.36. The van der Waals surface area contributed by atoms with E-state index in [1.54, 1.807) is 30.6 Å². The van der Waals surface area contributed by atoms with Gasteiger partial charge < -0.3 is 9.80 Å². The molecule has 2 saturated heterocycles. The standard InChI is InChI=1S/C22H22ClF3N8/c1-14(22(24,25)26)31-8-15-7-16(23)3-4-17(15)34-18(9-31)29-30-20(34)33-12-21(13-33)10-32(11-21)19-27-5-2-6-28-19/h2-7,14H,8-13H2,1H3. The number of nitrogens with zero attached hydrogens (tertiary/aromatic N) is 8. The molecule has 5 heterocycles. The zero-order chi connectivity index (χ0) is 23.7. The molecule has 0 saturated carbocycles. The van der Waals surface area contributed by atoms with Gasteiger partial charge in [0.05, 0.1) is 12.2 Å². The van der Waals surface area contributed by atoms with Crippen molar-refractivity contribution >= 4 is 23.5 Å². The Kier molecular flexibility index (Phi) is 4.79. The first-order chi connectivity index (χ1) is 16.2. The molecule has 2 fully saturated rings. The molecule has 1 atom stereocenters. The number of halogens is 4. The monoisotopic (exact) mass is 490 g/mol. The van der Waals surface area contributed by atoms with E-state index < -0.39 is 12.2 Å². The van der Waals surface area contributed by atoms with Crippen molar-refractivity contribution in [3.8, 4) is 5.69 Å². The lowest BCUT2D eigenvalue weighted by Crippen LogP contribution is -2.73. The quantitative estimate of drug-likeness (QED) is 0.558. The zero-order valence-corrected chi connectivity index (χ0v) is 19.1. The van der Waals surface area contributed by atoms with Crippen molar-refractivity contribution in [2.24, 2.45) is 5.41 Å². The van der Waals surface area contributed by atoms with Gasteiger partial charge >= 0.3 is 6.18 Å². The van der Waals surface area contributed by atoms with Gasteiger partial charge in [-0.15, -0.1) is 10.2 Å². The van der Waals surface area contributed by atoms with E-state index in [0.29, 0.717) is 16.8 Å². The molecule has 12 heteroatoms. The maximum absolute atomic E-state index is 13.5. The van der Waals surface area contributed by atoms with Crippen LogP contribution in [0.5, 0.6) is 0 Å². The highest BCUT2D eigenvalue weighted by Crippen LogP contribution is 2.43. The highest BCUT2D eigenvalue weighted by Gasteiger charge is 2.54. The number of hydrogen-bond acceptors (Lipinski definition) is 7. The van der Waals surface area contributed by atoms with Crippen LogP contribution in [0.15, 0.2) is 36.7 Å². The van der Waals surface area contributed by atoms with Crippen LogP contribution in [0.1, 0.15) is 18.3 Å². The average Bonchev–Trinajstić information content (AvgIpc) is 3.06. The summed E-state index contributed by atoms with van der Waals surface area (Å²) in [5.41, 5.74) is 1.62. The smallest absolute Gasteiger partial charge is 0.339 e. The van der Waals surface area contributed by atoms with Crippen LogP contribution >= 0.6 is 11.6 Å². The van der Waals surface area contributed by atoms with Gasteiger partial charge in [-0.25, -0.2) is 9.97 Å². The first kappa shape index (κ1) is 21.6. The second-order valence-corrected chi connectivity index (χ2v) is 9.84. The van der Waals surface area contributed by atoms with Gasteiger partial charge in [0.15, 0.2) is 5.82 Å². The highest BCUT2D eigenvalue weighted by atomic mass is 35.5. The Bertz CT molecular complexity index is 1220. The molecular formula is C22H22ClF3N8. The van der Waals surface area contributed by atoms with Gasteiger partial charge in [0.1, 0.15) is 6.04 Å². The van der Waals surface area contributed by atoms with E-state index in [1.807, 2.05) is 10.6 Å². The number of alkyl halides is 3. The first-order valence-corrected chi connectivity index (χ1v) is 11.4. The van der Waals surface area contributed by atoms with Crippen LogP contribution in [-0.4, -0.2) is 68.0 Å². The maximum Gasteiger partial charge on any atom is 0.403 e. The van der Waals surface area contributed by atoms with E-state index in [9.17, 15) is 13.2 Å². The molecule has 0 amide bonds. The molecule has 6 rings (SSSR count). The van der Waals surface area contributed by atoms with Crippen molar-refractivity contribution in [3.05, 3.63) is 53.1 Å². The Morgan fingerprint density at radius 3 is 2.41 bits per heavy atom. The molecule has 1 spiro atoms. The SMILES string of the molecule is CC(N1Cc2cc(Cl)ccc2-n2c(nnc2N2CC3(CN(c4ncccn4)C3)C2)C1)C(F)(F)F. The van der Waals surface area contributed by atoms with Crippen LogP contribution < -0.4 is 9.80 Å². The molecule has 0 aliphatic carbocycles. The third-order valence-electron chi connectivity index (χ3n) is 6.96. The zero-order valence-electron chi connectivity index (χ0n) is 18.4. The van der Waals surface area contributed by atoms with E-state index in [0.717, 1.165) is 43.4 Å². The van der Waals surface area contributed by atoms with Gasteiger partial charge in [0.25, 0.3) is 0 Å². The van der Waals surface area contributed by atoms with Crippen LogP contribution in [0.25, 0.3) is 5.69 Å². The summed E-state index contributed by atoms with van der Waals surface area (Å²) in [5.74, 6) is 1.87. The van der Waals surface area contributed by atoms with Crippen LogP contribution in [-0.2, 0) is 13.1 Å². The molecule has 34 heavy (non-hydrogen) atoms. The van der Waals surface area contributed by atoms with Crippen LogP contribution in [0.2, 0.25) is 5.02 Å². The minimum atomic E-state index is -4.35. The van der Waals surface area contributed by atoms with E-state index in [2.05, 4.69) is 30.0 Å². The molecule has 0 N–H and O–H groups in total. The normalized spacial score (nSPS) is 20.3. The third kappa shape index (κ3) is 3.49. The molecule has 1 unspecified atom stereocenters. The van der Waals surface area contributed by atoms with E-state index >= 15 is 0 Å². The molecular weight excluding hydrogens is 469 g/mol. The van der Waals surface area contributed by atoms with Crippen LogP contribution in [0, 0.1) is 5.41 Å². The molecule has 0 radical (unpaired) electrons. The topological polar surface area (TPSA) is 66.2 Å².